The molecule has 3 unspecified atom stereocenters. The van der Waals surface area contributed by atoms with E-state index in [0.717, 1.165) is 5.56 Å². The summed E-state index contributed by atoms with van der Waals surface area (Å²) in [5.41, 5.74) is 1.67. The summed E-state index contributed by atoms with van der Waals surface area (Å²) in [6.07, 6.45) is 1.23. The highest BCUT2D eigenvalue weighted by molar-refractivity contribution is 5.98. The van der Waals surface area contributed by atoms with E-state index in [-0.39, 0.29) is 24.0 Å². The molecule has 2 amide bonds. The largest absolute Gasteiger partial charge is 0.489 e. The lowest BCUT2D eigenvalue weighted by Crippen LogP contribution is -2.47. The average Bonchev–Trinajstić information content (AvgIpc) is 2.77. The molecule has 0 aliphatic carbocycles. The van der Waals surface area contributed by atoms with E-state index in [9.17, 15) is 9.59 Å². The zero-order chi connectivity index (χ0) is 15.0. The maximum Gasteiger partial charge on any atom is 0.255 e. The molecule has 5 nitrogen and oxygen atoms in total. The van der Waals surface area contributed by atoms with E-state index >= 15 is 0 Å². The second-order valence-electron chi connectivity index (χ2n) is 5.85. The number of hydrogen-bond acceptors (Lipinski definition) is 3. The minimum Gasteiger partial charge on any atom is -0.489 e. The fourth-order valence-electron chi connectivity index (χ4n) is 2.88. The molecule has 0 spiro atoms. The molecule has 1 fully saturated rings. The van der Waals surface area contributed by atoms with E-state index in [0.29, 0.717) is 36.6 Å². The predicted octanol–water partition coefficient (Wildman–Crippen LogP) is 1.58. The first kappa shape index (κ1) is 13.9. The number of nitrogens with one attached hydrogen (secondary N) is 2. The number of amides is 2. The SMILES string of the molecule is CC1Oc2c(C(=O)NC3CCC(=O)NC3)cccc2C1C. The van der Waals surface area contributed by atoms with Gasteiger partial charge in [0.1, 0.15) is 11.9 Å². The minimum atomic E-state index is -0.130. The zero-order valence-corrected chi connectivity index (χ0v) is 12.3. The van der Waals surface area contributed by atoms with Gasteiger partial charge in [-0.05, 0) is 19.4 Å². The smallest absolute Gasteiger partial charge is 0.255 e. The van der Waals surface area contributed by atoms with Crippen molar-refractivity contribution in [3.63, 3.8) is 0 Å². The van der Waals surface area contributed by atoms with E-state index in [1.165, 1.54) is 0 Å². The molecule has 1 saturated heterocycles. The van der Waals surface area contributed by atoms with E-state index in [1.54, 1.807) is 6.07 Å². The molecule has 0 radical (unpaired) electrons. The molecule has 0 bridgehead atoms. The van der Waals surface area contributed by atoms with Gasteiger partial charge in [-0.1, -0.05) is 19.1 Å². The third-order valence-electron chi connectivity index (χ3n) is 4.39. The molecule has 0 aromatic heterocycles. The maximum atomic E-state index is 12.5. The molecule has 5 heteroatoms. The van der Waals surface area contributed by atoms with E-state index < -0.39 is 0 Å². The van der Waals surface area contributed by atoms with Crippen molar-refractivity contribution in [1.29, 1.82) is 0 Å². The molecular formula is C16H20N2O3. The van der Waals surface area contributed by atoms with Gasteiger partial charge in [0, 0.05) is 30.5 Å². The van der Waals surface area contributed by atoms with Crippen LogP contribution in [0.1, 0.15) is 48.5 Å². The lowest BCUT2D eigenvalue weighted by Gasteiger charge is -2.23. The fraction of sp³-hybridized carbons (Fsp3) is 0.500. The van der Waals surface area contributed by atoms with Crippen LogP contribution in [0.2, 0.25) is 0 Å². The van der Waals surface area contributed by atoms with Gasteiger partial charge in [-0.2, -0.15) is 0 Å². The van der Waals surface area contributed by atoms with Crippen LogP contribution in [0.4, 0.5) is 0 Å². The van der Waals surface area contributed by atoms with Gasteiger partial charge in [-0.25, -0.2) is 0 Å². The highest BCUT2D eigenvalue weighted by atomic mass is 16.5. The Labute approximate surface area is 124 Å². The van der Waals surface area contributed by atoms with Crippen molar-refractivity contribution in [2.45, 2.75) is 44.8 Å². The van der Waals surface area contributed by atoms with Crippen molar-refractivity contribution in [3.8, 4) is 5.75 Å². The average molecular weight is 288 g/mol. The van der Waals surface area contributed by atoms with Gasteiger partial charge >= 0.3 is 0 Å². The summed E-state index contributed by atoms with van der Waals surface area (Å²) in [5, 5.41) is 5.75. The number of ether oxygens (including phenoxy) is 1. The van der Waals surface area contributed by atoms with Crippen molar-refractivity contribution >= 4 is 11.8 Å². The third kappa shape index (κ3) is 2.60. The molecule has 21 heavy (non-hydrogen) atoms. The number of rotatable bonds is 2. The first-order valence-electron chi connectivity index (χ1n) is 7.43. The van der Waals surface area contributed by atoms with Crippen molar-refractivity contribution in [1.82, 2.24) is 10.6 Å². The second kappa shape index (κ2) is 5.39. The number of para-hydroxylation sites is 1. The van der Waals surface area contributed by atoms with Crippen LogP contribution >= 0.6 is 0 Å². The first-order valence-corrected chi connectivity index (χ1v) is 7.43. The summed E-state index contributed by atoms with van der Waals surface area (Å²) < 4.78 is 5.85. The van der Waals surface area contributed by atoms with Gasteiger partial charge in [0.05, 0.1) is 5.56 Å². The van der Waals surface area contributed by atoms with Gasteiger partial charge in [0.25, 0.3) is 5.91 Å². The molecule has 3 atom stereocenters. The van der Waals surface area contributed by atoms with E-state index in [4.69, 9.17) is 4.74 Å². The lowest BCUT2D eigenvalue weighted by molar-refractivity contribution is -0.122. The third-order valence-corrected chi connectivity index (χ3v) is 4.39. The summed E-state index contributed by atoms with van der Waals surface area (Å²) in [6, 6.07) is 5.69. The quantitative estimate of drug-likeness (QED) is 0.868. The second-order valence-corrected chi connectivity index (χ2v) is 5.85. The van der Waals surface area contributed by atoms with E-state index in [1.807, 2.05) is 19.1 Å². The Kier molecular flexibility index (Phi) is 3.57. The lowest BCUT2D eigenvalue weighted by atomic mass is 9.96. The summed E-state index contributed by atoms with van der Waals surface area (Å²) in [4.78, 5) is 23.6. The van der Waals surface area contributed by atoms with Crippen LogP contribution in [-0.2, 0) is 4.79 Å². The van der Waals surface area contributed by atoms with Gasteiger partial charge < -0.3 is 15.4 Å². The van der Waals surface area contributed by atoms with Crippen LogP contribution in [0.25, 0.3) is 0 Å². The highest BCUT2D eigenvalue weighted by Crippen LogP contribution is 2.40. The molecule has 1 aromatic carbocycles. The monoisotopic (exact) mass is 288 g/mol. The van der Waals surface area contributed by atoms with E-state index in [2.05, 4.69) is 17.6 Å². The van der Waals surface area contributed by atoms with Crippen molar-refractivity contribution in [2.75, 3.05) is 6.54 Å². The normalized spacial score (nSPS) is 27.5. The Morgan fingerprint density at radius 2 is 2.19 bits per heavy atom. The first-order chi connectivity index (χ1) is 10.1. The minimum absolute atomic E-state index is 0.0118. The molecular weight excluding hydrogens is 268 g/mol. The van der Waals surface area contributed by atoms with Crippen LogP contribution in [0, 0.1) is 0 Å². The Bertz CT molecular complexity index is 575. The molecule has 1 aromatic rings. The summed E-state index contributed by atoms with van der Waals surface area (Å²) in [5.74, 6) is 0.915. The number of carbonyl (C=O) groups is 2. The fourth-order valence-corrected chi connectivity index (χ4v) is 2.88. The summed E-state index contributed by atoms with van der Waals surface area (Å²) in [7, 11) is 0. The zero-order valence-electron chi connectivity index (χ0n) is 12.3. The van der Waals surface area contributed by atoms with Gasteiger partial charge in [-0.3, -0.25) is 9.59 Å². The number of fused-ring (bicyclic) bond motifs is 1. The predicted molar refractivity (Wildman–Crippen MR) is 78.4 cm³/mol. The summed E-state index contributed by atoms with van der Waals surface area (Å²) >= 11 is 0. The van der Waals surface area contributed by atoms with Crippen LogP contribution in [0.3, 0.4) is 0 Å². The molecule has 2 aliphatic heterocycles. The molecule has 112 valence electrons. The highest BCUT2D eigenvalue weighted by Gasteiger charge is 2.31. The van der Waals surface area contributed by atoms with Crippen molar-refractivity contribution < 1.29 is 14.3 Å². The molecule has 2 N–H and O–H groups in total. The number of benzene rings is 1. The van der Waals surface area contributed by atoms with Crippen molar-refractivity contribution in [3.05, 3.63) is 29.3 Å². The topological polar surface area (TPSA) is 67.4 Å². The van der Waals surface area contributed by atoms with Crippen LogP contribution in [0.5, 0.6) is 5.75 Å². The Morgan fingerprint density at radius 1 is 1.38 bits per heavy atom. The summed E-state index contributed by atoms with van der Waals surface area (Å²) in [6.45, 7) is 4.62. The van der Waals surface area contributed by atoms with Gasteiger partial charge in [0.2, 0.25) is 5.91 Å². The van der Waals surface area contributed by atoms with Crippen LogP contribution in [-0.4, -0.2) is 30.5 Å². The van der Waals surface area contributed by atoms with Gasteiger partial charge in [0.15, 0.2) is 0 Å². The van der Waals surface area contributed by atoms with Gasteiger partial charge in [-0.15, -0.1) is 0 Å². The maximum absolute atomic E-state index is 12.5. The number of carbonyl (C=O) groups excluding carboxylic acids is 2. The number of hydrogen-bond donors (Lipinski definition) is 2. The van der Waals surface area contributed by atoms with Crippen LogP contribution in [0.15, 0.2) is 18.2 Å². The molecule has 0 saturated carbocycles. The Hall–Kier alpha value is -2.04. The Morgan fingerprint density at radius 3 is 2.90 bits per heavy atom. The van der Waals surface area contributed by atoms with Crippen LogP contribution < -0.4 is 15.4 Å². The standard InChI is InChI=1S/C16H20N2O3/c1-9-10(2)21-15-12(9)4-3-5-13(15)16(20)18-11-6-7-14(19)17-8-11/h3-5,9-11H,6-8H2,1-2H3,(H,17,19)(H,18,20). The molecule has 2 heterocycles. The molecule has 3 rings (SSSR count). The molecule has 2 aliphatic rings. The Balaban J connectivity index is 1.76. The number of piperidine rings is 1. The van der Waals surface area contributed by atoms with Crippen molar-refractivity contribution in [2.24, 2.45) is 0 Å².